The van der Waals surface area contributed by atoms with Crippen molar-refractivity contribution in [1.29, 1.82) is 0 Å². The van der Waals surface area contributed by atoms with E-state index < -0.39 is 17.7 Å². The number of aryl methyl sites for hydroxylation is 1. The molecule has 3 rings (SSSR count). The van der Waals surface area contributed by atoms with Gasteiger partial charge in [-0.25, -0.2) is 9.37 Å². The first-order valence-corrected chi connectivity index (χ1v) is 7.73. The van der Waals surface area contributed by atoms with Crippen molar-refractivity contribution in [3.63, 3.8) is 0 Å². The minimum Gasteiger partial charge on any atom is -0.468 e. The monoisotopic (exact) mass is 348 g/mol. The van der Waals surface area contributed by atoms with E-state index in [2.05, 4.69) is 14.7 Å². The Morgan fingerprint density at radius 3 is 2.88 bits per heavy atom. The van der Waals surface area contributed by atoms with Crippen molar-refractivity contribution in [3.05, 3.63) is 47.0 Å². The molecule has 0 aliphatic carbocycles. The Bertz CT molecular complexity index is 1000. The van der Waals surface area contributed by atoms with Gasteiger partial charge in [-0.15, -0.1) is 0 Å². The van der Waals surface area contributed by atoms with E-state index in [1.807, 2.05) is 0 Å². The van der Waals surface area contributed by atoms with E-state index in [1.54, 1.807) is 17.8 Å². The van der Waals surface area contributed by atoms with Crippen LogP contribution in [0.2, 0.25) is 0 Å². The summed E-state index contributed by atoms with van der Waals surface area (Å²) in [6.07, 6.45) is 3.12. The fourth-order valence-electron chi connectivity index (χ4n) is 2.19. The van der Waals surface area contributed by atoms with Gasteiger partial charge in [0.05, 0.1) is 17.3 Å². The highest BCUT2D eigenvalue weighted by Gasteiger charge is 2.14. The minimum atomic E-state index is -0.548. The number of aromatic nitrogens is 3. The van der Waals surface area contributed by atoms with Crippen molar-refractivity contribution < 1.29 is 18.7 Å². The quantitative estimate of drug-likeness (QED) is 0.672. The molecule has 1 amide bonds. The molecule has 0 aliphatic rings. The van der Waals surface area contributed by atoms with Gasteiger partial charge in [-0.3, -0.25) is 9.59 Å². The highest BCUT2D eigenvalue weighted by Crippen LogP contribution is 2.18. The Balaban J connectivity index is 2.17. The zero-order valence-corrected chi connectivity index (χ0v) is 13.7. The summed E-state index contributed by atoms with van der Waals surface area (Å²) in [4.78, 5) is 32.2. The normalized spacial score (nSPS) is 11.9. The van der Waals surface area contributed by atoms with E-state index in [9.17, 15) is 14.0 Å². The summed E-state index contributed by atoms with van der Waals surface area (Å²) in [7, 11) is 2.95. The lowest BCUT2D eigenvalue weighted by Crippen LogP contribution is -2.23. The van der Waals surface area contributed by atoms with Crippen molar-refractivity contribution in [2.45, 2.75) is 6.54 Å². The lowest BCUT2D eigenvalue weighted by Gasteiger charge is -2.03. The fraction of sp³-hybridized carbons (Fsp3) is 0.200. The van der Waals surface area contributed by atoms with E-state index >= 15 is 0 Å². The van der Waals surface area contributed by atoms with Crippen LogP contribution in [0, 0.1) is 5.82 Å². The highest BCUT2D eigenvalue weighted by molar-refractivity contribution is 7.16. The van der Waals surface area contributed by atoms with Crippen LogP contribution in [0.3, 0.4) is 0 Å². The summed E-state index contributed by atoms with van der Waals surface area (Å²) in [5, 5.41) is 0. The first-order chi connectivity index (χ1) is 11.5. The molecular formula is C15H13FN4O3S. The maximum atomic E-state index is 13.4. The van der Waals surface area contributed by atoms with Gasteiger partial charge in [0.25, 0.3) is 0 Å². The summed E-state index contributed by atoms with van der Waals surface area (Å²) in [5.41, 5.74) is 0.596. The molecule has 7 nitrogen and oxygen atoms in total. The second kappa shape index (κ2) is 6.36. The zero-order valence-electron chi connectivity index (χ0n) is 12.9. The average molecular weight is 348 g/mol. The van der Waals surface area contributed by atoms with Crippen molar-refractivity contribution in [3.8, 4) is 0 Å². The van der Waals surface area contributed by atoms with Crippen molar-refractivity contribution in [2.75, 3.05) is 7.11 Å². The zero-order chi connectivity index (χ0) is 17.3. The van der Waals surface area contributed by atoms with Crippen LogP contribution in [0.15, 0.2) is 35.6 Å². The number of halogens is 1. The van der Waals surface area contributed by atoms with Crippen LogP contribution in [0.5, 0.6) is 0 Å². The molecule has 0 radical (unpaired) electrons. The minimum absolute atomic E-state index is 0.130. The van der Waals surface area contributed by atoms with Crippen LogP contribution in [0.4, 0.5) is 4.39 Å². The highest BCUT2D eigenvalue weighted by atomic mass is 32.1. The summed E-state index contributed by atoms with van der Waals surface area (Å²) in [5.74, 6) is -1.28. The first-order valence-electron chi connectivity index (χ1n) is 6.91. The largest absolute Gasteiger partial charge is 0.468 e. The maximum absolute atomic E-state index is 13.4. The van der Waals surface area contributed by atoms with Crippen LogP contribution in [-0.4, -0.2) is 33.1 Å². The Labute approximate surface area is 139 Å². The average Bonchev–Trinajstić information content (AvgIpc) is 3.11. The van der Waals surface area contributed by atoms with E-state index in [0.717, 1.165) is 11.3 Å². The van der Waals surface area contributed by atoms with E-state index in [-0.39, 0.29) is 17.2 Å². The number of thiazole rings is 1. The van der Waals surface area contributed by atoms with Gasteiger partial charge in [-0.2, -0.15) is 4.99 Å². The van der Waals surface area contributed by atoms with Crippen molar-refractivity contribution >= 4 is 33.4 Å². The number of ether oxygens (including phenoxy) is 1. The molecule has 1 aromatic carbocycles. The SMILES string of the molecule is COC(=O)Cn1c(=NC(=O)c2nccn2C)sc2cc(F)ccc21. The van der Waals surface area contributed by atoms with Crippen LogP contribution in [0.1, 0.15) is 10.6 Å². The van der Waals surface area contributed by atoms with Crippen LogP contribution in [0.25, 0.3) is 10.2 Å². The molecule has 0 unspecified atom stereocenters. The second-order valence-corrected chi connectivity index (χ2v) is 5.95. The summed E-state index contributed by atoms with van der Waals surface area (Å²) < 4.78 is 21.8. The Morgan fingerprint density at radius 1 is 1.42 bits per heavy atom. The Morgan fingerprint density at radius 2 is 2.21 bits per heavy atom. The van der Waals surface area contributed by atoms with Gasteiger partial charge in [-0.1, -0.05) is 11.3 Å². The van der Waals surface area contributed by atoms with Gasteiger partial charge in [0, 0.05) is 19.4 Å². The number of carbonyl (C=O) groups excluding carboxylic acids is 2. The number of nitrogens with zero attached hydrogens (tertiary/aromatic N) is 4. The van der Waals surface area contributed by atoms with Gasteiger partial charge in [0.2, 0.25) is 5.82 Å². The number of benzene rings is 1. The topological polar surface area (TPSA) is 78.5 Å². The summed E-state index contributed by atoms with van der Waals surface area (Å²) >= 11 is 1.11. The number of methoxy groups -OCH3 is 1. The van der Waals surface area contributed by atoms with Crippen LogP contribution < -0.4 is 4.80 Å². The number of carbonyl (C=O) groups is 2. The molecule has 3 aromatic rings. The third-order valence-electron chi connectivity index (χ3n) is 3.37. The molecule has 0 atom stereocenters. The predicted molar refractivity (Wildman–Crippen MR) is 84.9 cm³/mol. The molecule has 0 bridgehead atoms. The third-order valence-corrected chi connectivity index (χ3v) is 4.41. The molecule has 24 heavy (non-hydrogen) atoms. The van der Waals surface area contributed by atoms with Gasteiger partial charge in [-0.05, 0) is 18.2 Å². The molecule has 0 fully saturated rings. The number of esters is 1. The number of hydrogen-bond acceptors (Lipinski definition) is 5. The number of imidazole rings is 1. The van der Waals surface area contributed by atoms with Crippen LogP contribution >= 0.6 is 11.3 Å². The molecular weight excluding hydrogens is 335 g/mol. The standard InChI is InChI=1S/C15H13FN4O3S/c1-19-6-5-17-13(19)14(22)18-15-20(8-12(21)23-2)10-4-3-9(16)7-11(10)24-15/h3-7H,8H2,1-2H3. The van der Waals surface area contributed by atoms with Gasteiger partial charge in [0.1, 0.15) is 12.4 Å². The number of rotatable bonds is 3. The summed E-state index contributed by atoms with van der Waals surface area (Å²) in [6.45, 7) is -0.130. The van der Waals surface area contributed by atoms with E-state index in [0.29, 0.717) is 10.2 Å². The number of hydrogen-bond donors (Lipinski definition) is 0. The molecule has 0 aliphatic heterocycles. The Hall–Kier alpha value is -2.81. The number of amides is 1. The molecule has 2 heterocycles. The van der Waals surface area contributed by atoms with Crippen molar-refractivity contribution in [1.82, 2.24) is 14.1 Å². The van der Waals surface area contributed by atoms with E-state index in [1.165, 1.54) is 36.1 Å². The molecule has 0 saturated carbocycles. The van der Waals surface area contributed by atoms with Gasteiger partial charge in [0.15, 0.2) is 4.80 Å². The van der Waals surface area contributed by atoms with Gasteiger partial charge < -0.3 is 13.9 Å². The second-order valence-electron chi connectivity index (χ2n) is 4.94. The van der Waals surface area contributed by atoms with Crippen molar-refractivity contribution in [2.24, 2.45) is 12.0 Å². The summed E-state index contributed by atoms with van der Waals surface area (Å²) in [6, 6.07) is 4.15. The third kappa shape index (κ3) is 2.98. The van der Waals surface area contributed by atoms with E-state index in [4.69, 9.17) is 0 Å². The molecule has 0 saturated heterocycles. The van der Waals surface area contributed by atoms with Gasteiger partial charge >= 0.3 is 11.9 Å². The molecule has 0 N–H and O–H groups in total. The Kier molecular flexibility index (Phi) is 4.26. The lowest BCUT2D eigenvalue weighted by molar-refractivity contribution is -0.141. The molecule has 9 heteroatoms. The molecule has 2 aromatic heterocycles. The lowest BCUT2D eigenvalue weighted by atomic mass is 10.3. The number of fused-ring (bicyclic) bond motifs is 1. The maximum Gasteiger partial charge on any atom is 0.325 e. The smallest absolute Gasteiger partial charge is 0.325 e. The molecule has 124 valence electrons. The fourth-order valence-corrected chi connectivity index (χ4v) is 3.24. The van der Waals surface area contributed by atoms with Crippen LogP contribution in [-0.2, 0) is 23.1 Å². The first kappa shape index (κ1) is 16.1. The molecule has 0 spiro atoms. The predicted octanol–water partition coefficient (Wildman–Crippen LogP) is 1.49.